The number of carbonyl (C=O) groups is 1. The molecule has 4 nitrogen and oxygen atoms in total. The molecule has 0 spiro atoms. The molecule has 0 fully saturated rings. The highest BCUT2D eigenvalue weighted by Crippen LogP contribution is 2.29. The Hall–Kier alpha value is -2.59. The van der Waals surface area contributed by atoms with Gasteiger partial charge >= 0.3 is 5.97 Å². The molecule has 24 heavy (non-hydrogen) atoms. The monoisotopic (exact) mass is 340 g/mol. The van der Waals surface area contributed by atoms with E-state index in [1.807, 2.05) is 47.4 Å². The van der Waals surface area contributed by atoms with Gasteiger partial charge < -0.3 is 9.64 Å². The summed E-state index contributed by atoms with van der Waals surface area (Å²) in [7, 11) is 0. The van der Waals surface area contributed by atoms with Crippen molar-refractivity contribution in [3.05, 3.63) is 77.1 Å². The number of halogens is 1. The summed E-state index contributed by atoms with van der Waals surface area (Å²) in [5.41, 5.74) is 3.55. The third-order valence-electron chi connectivity index (χ3n) is 3.63. The second-order valence-corrected chi connectivity index (χ2v) is 5.67. The minimum absolute atomic E-state index is 0.122. The van der Waals surface area contributed by atoms with Crippen molar-refractivity contribution in [1.29, 1.82) is 0 Å². The van der Waals surface area contributed by atoms with Crippen LogP contribution in [0.5, 0.6) is 0 Å². The van der Waals surface area contributed by atoms with Gasteiger partial charge in [0.2, 0.25) is 0 Å². The largest absolute Gasteiger partial charge is 0.465 e. The lowest BCUT2D eigenvalue weighted by Gasteiger charge is -2.21. The standard InChI is InChI=1S/C19H17ClN2O2/c1-2-24-18(23)13-22-11-10-21-19(14-6-4-3-5-7-14)16-12-15(20)8-9-17(16)22/h3-12H,2,13H2,1H3. The Bertz CT molecular complexity index is 800. The first-order valence-corrected chi connectivity index (χ1v) is 8.09. The van der Waals surface area contributed by atoms with Gasteiger partial charge in [0.05, 0.1) is 18.0 Å². The highest BCUT2D eigenvalue weighted by molar-refractivity contribution is 6.31. The molecule has 0 atom stereocenters. The molecule has 1 aliphatic heterocycles. The van der Waals surface area contributed by atoms with Gasteiger partial charge in [0, 0.05) is 28.5 Å². The first-order valence-electron chi connectivity index (χ1n) is 7.71. The van der Waals surface area contributed by atoms with E-state index in [4.69, 9.17) is 16.3 Å². The second-order valence-electron chi connectivity index (χ2n) is 5.24. The van der Waals surface area contributed by atoms with Crippen molar-refractivity contribution < 1.29 is 9.53 Å². The molecule has 3 rings (SSSR count). The summed E-state index contributed by atoms with van der Waals surface area (Å²) in [5.74, 6) is -0.286. The van der Waals surface area contributed by atoms with Gasteiger partial charge in [-0.25, -0.2) is 0 Å². The smallest absolute Gasteiger partial charge is 0.325 e. The van der Waals surface area contributed by atoms with E-state index in [0.717, 1.165) is 22.5 Å². The third-order valence-corrected chi connectivity index (χ3v) is 3.86. The van der Waals surface area contributed by atoms with Crippen LogP contribution in [0.1, 0.15) is 18.1 Å². The molecule has 1 heterocycles. The van der Waals surface area contributed by atoms with E-state index in [9.17, 15) is 4.79 Å². The highest BCUT2D eigenvalue weighted by Gasteiger charge is 2.20. The van der Waals surface area contributed by atoms with Gasteiger partial charge in [-0.2, -0.15) is 0 Å². The third kappa shape index (κ3) is 3.49. The van der Waals surface area contributed by atoms with E-state index < -0.39 is 0 Å². The normalized spacial score (nSPS) is 13.1. The molecule has 0 bridgehead atoms. The van der Waals surface area contributed by atoms with Crippen LogP contribution in [0.15, 0.2) is 65.9 Å². The summed E-state index contributed by atoms with van der Waals surface area (Å²) in [6.45, 7) is 2.27. The number of carbonyl (C=O) groups excluding carboxylic acids is 1. The fourth-order valence-corrected chi connectivity index (χ4v) is 2.77. The molecule has 2 aromatic rings. The lowest BCUT2D eigenvalue weighted by Crippen LogP contribution is -2.27. The number of aliphatic imine (C=N–C) groups is 1. The number of nitrogens with zero attached hydrogens (tertiary/aromatic N) is 2. The van der Waals surface area contributed by atoms with Crippen LogP contribution in [0.25, 0.3) is 0 Å². The number of hydrogen-bond donors (Lipinski definition) is 0. The summed E-state index contributed by atoms with van der Waals surface area (Å²) < 4.78 is 5.06. The zero-order valence-corrected chi connectivity index (χ0v) is 14.0. The molecule has 0 saturated heterocycles. The lowest BCUT2D eigenvalue weighted by molar-refractivity contribution is -0.141. The lowest BCUT2D eigenvalue weighted by atomic mass is 10.00. The predicted octanol–water partition coefficient (Wildman–Crippen LogP) is 4.03. The average molecular weight is 341 g/mol. The van der Waals surface area contributed by atoms with Crippen LogP contribution < -0.4 is 4.90 Å². The molecule has 0 aliphatic carbocycles. The number of esters is 1. The molecule has 0 radical (unpaired) electrons. The summed E-state index contributed by atoms with van der Waals surface area (Å²) >= 11 is 6.20. The molecule has 0 unspecified atom stereocenters. The van der Waals surface area contributed by atoms with Crippen LogP contribution in [0, 0.1) is 0 Å². The molecule has 2 aromatic carbocycles. The molecule has 1 aliphatic rings. The van der Waals surface area contributed by atoms with Crippen LogP contribution in [-0.4, -0.2) is 24.8 Å². The van der Waals surface area contributed by atoms with Crippen LogP contribution in [0.3, 0.4) is 0 Å². The average Bonchev–Trinajstić information content (AvgIpc) is 2.75. The number of anilines is 1. The maximum Gasteiger partial charge on any atom is 0.325 e. The fourth-order valence-electron chi connectivity index (χ4n) is 2.60. The van der Waals surface area contributed by atoms with Crippen LogP contribution in [0.4, 0.5) is 5.69 Å². The van der Waals surface area contributed by atoms with E-state index in [1.165, 1.54) is 0 Å². The van der Waals surface area contributed by atoms with Crippen LogP contribution in [-0.2, 0) is 9.53 Å². The Kier molecular flexibility index (Phi) is 4.96. The minimum atomic E-state index is -0.286. The van der Waals surface area contributed by atoms with Crippen molar-refractivity contribution in [2.24, 2.45) is 4.99 Å². The van der Waals surface area contributed by atoms with Crippen molar-refractivity contribution in [3.63, 3.8) is 0 Å². The molecule has 122 valence electrons. The predicted molar refractivity (Wildman–Crippen MR) is 96.7 cm³/mol. The fraction of sp³-hybridized carbons (Fsp3) is 0.158. The Labute approximate surface area is 146 Å². The number of fused-ring (bicyclic) bond motifs is 1. The molecule has 0 saturated carbocycles. The summed E-state index contributed by atoms with van der Waals surface area (Å²) in [6.07, 6.45) is 3.47. The molecule has 0 N–H and O–H groups in total. The van der Waals surface area contributed by atoms with E-state index in [2.05, 4.69) is 4.99 Å². The Morgan fingerprint density at radius 2 is 2.00 bits per heavy atom. The van der Waals surface area contributed by atoms with Gasteiger partial charge in [-0.1, -0.05) is 41.9 Å². The maximum absolute atomic E-state index is 11.9. The number of benzene rings is 2. The van der Waals surface area contributed by atoms with E-state index in [-0.39, 0.29) is 12.5 Å². The molecule has 5 heteroatoms. The minimum Gasteiger partial charge on any atom is -0.465 e. The first kappa shape index (κ1) is 16.3. The zero-order valence-electron chi connectivity index (χ0n) is 13.3. The quantitative estimate of drug-likeness (QED) is 0.789. The summed E-state index contributed by atoms with van der Waals surface area (Å²) in [6, 6.07) is 15.5. The molecular formula is C19H17ClN2O2. The van der Waals surface area contributed by atoms with Crippen molar-refractivity contribution in [3.8, 4) is 0 Å². The molecule has 0 amide bonds. The summed E-state index contributed by atoms with van der Waals surface area (Å²) in [4.78, 5) is 18.3. The molecular weight excluding hydrogens is 324 g/mol. The van der Waals surface area contributed by atoms with Crippen molar-refractivity contribution >= 4 is 29.0 Å². The second kappa shape index (κ2) is 7.32. The zero-order chi connectivity index (χ0) is 16.9. The van der Waals surface area contributed by atoms with Crippen LogP contribution in [0.2, 0.25) is 5.02 Å². The molecule has 0 aromatic heterocycles. The van der Waals surface area contributed by atoms with E-state index in [1.54, 1.807) is 25.4 Å². The Balaban J connectivity index is 2.04. The topological polar surface area (TPSA) is 41.9 Å². The number of hydrogen-bond acceptors (Lipinski definition) is 4. The van der Waals surface area contributed by atoms with Crippen molar-refractivity contribution in [2.45, 2.75) is 6.92 Å². The van der Waals surface area contributed by atoms with Crippen molar-refractivity contribution in [2.75, 3.05) is 18.1 Å². The Morgan fingerprint density at radius 1 is 1.21 bits per heavy atom. The Morgan fingerprint density at radius 3 is 2.75 bits per heavy atom. The van der Waals surface area contributed by atoms with Crippen molar-refractivity contribution in [1.82, 2.24) is 0 Å². The first-order chi connectivity index (χ1) is 11.7. The number of ether oxygens (including phenoxy) is 1. The van der Waals surface area contributed by atoms with Gasteiger partial charge in [0.15, 0.2) is 0 Å². The summed E-state index contributed by atoms with van der Waals surface area (Å²) in [5, 5.41) is 0.621. The maximum atomic E-state index is 11.9. The van der Waals surface area contributed by atoms with Gasteiger partial charge in [0.1, 0.15) is 6.54 Å². The number of rotatable bonds is 4. The highest BCUT2D eigenvalue weighted by atomic mass is 35.5. The van der Waals surface area contributed by atoms with E-state index in [0.29, 0.717) is 11.6 Å². The van der Waals surface area contributed by atoms with Gasteiger partial charge in [-0.3, -0.25) is 9.79 Å². The van der Waals surface area contributed by atoms with Gasteiger partial charge in [0.25, 0.3) is 0 Å². The van der Waals surface area contributed by atoms with E-state index >= 15 is 0 Å². The SMILES string of the molecule is CCOC(=O)CN1C=CN=C(c2ccccc2)c2cc(Cl)ccc21. The van der Waals surface area contributed by atoms with Gasteiger partial charge in [-0.05, 0) is 25.1 Å². The van der Waals surface area contributed by atoms with Gasteiger partial charge in [-0.15, -0.1) is 0 Å². The van der Waals surface area contributed by atoms with Crippen LogP contribution >= 0.6 is 11.6 Å².